The fourth-order valence-electron chi connectivity index (χ4n) is 1.06. The average molecular weight is 344 g/mol. The van der Waals surface area contributed by atoms with Crippen LogP contribution in [0.3, 0.4) is 0 Å². The summed E-state index contributed by atoms with van der Waals surface area (Å²) >= 11 is 1.55. The molecule has 0 unspecified atom stereocenters. The van der Waals surface area contributed by atoms with Crippen molar-refractivity contribution in [1.29, 1.82) is 0 Å². The molecule has 1 aromatic rings. The monoisotopic (exact) mass is 343 g/mol. The molecule has 19 heavy (non-hydrogen) atoms. The van der Waals surface area contributed by atoms with E-state index in [-0.39, 0.29) is 6.61 Å². The summed E-state index contributed by atoms with van der Waals surface area (Å²) in [6, 6.07) is 8.48. The van der Waals surface area contributed by atoms with Crippen molar-refractivity contribution in [2.45, 2.75) is 17.4 Å². The van der Waals surface area contributed by atoms with E-state index in [0.29, 0.717) is 5.56 Å². The van der Waals surface area contributed by atoms with Gasteiger partial charge >= 0.3 is 16.8 Å². The quantitative estimate of drug-likeness (QED) is 0.656. The van der Waals surface area contributed by atoms with Crippen molar-refractivity contribution in [3.63, 3.8) is 0 Å². The molecule has 1 amide bonds. The van der Waals surface area contributed by atoms with Crippen molar-refractivity contribution in [2.24, 2.45) is 0 Å². The molecule has 1 aromatic carbocycles. The molecule has 0 heterocycles. The van der Waals surface area contributed by atoms with Gasteiger partial charge in [-0.25, -0.2) is 4.79 Å². The second-order valence-corrected chi connectivity index (χ2v) is 4.61. The topological polar surface area (TPSA) is 38.3 Å². The number of alkyl carbamates (subject to hydrolysis) is 1. The number of carbonyl (C=O) groups is 1. The van der Waals surface area contributed by atoms with Gasteiger partial charge in [0, 0.05) is 0 Å². The molecule has 106 valence electrons. The first-order valence-corrected chi connectivity index (χ1v) is 5.91. The minimum Gasteiger partial charge on any atom is -0.445 e. The highest BCUT2D eigenvalue weighted by Gasteiger charge is 2.54. The summed E-state index contributed by atoms with van der Waals surface area (Å²) in [6.07, 6.45) is -1.19. The fraction of sp³-hybridized carbons (Fsp3) is 0.364. The second-order valence-electron chi connectivity index (χ2n) is 3.62. The number of halogens is 5. The van der Waals surface area contributed by atoms with E-state index in [9.17, 15) is 22.4 Å². The Hall–Kier alpha value is -1.31. The van der Waals surface area contributed by atoms with Crippen molar-refractivity contribution in [1.82, 2.24) is 5.32 Å². The van der Waals surface area contributed by atoms with Gasteiger partial charge in [-0.15, -0.1) is 0 Å². The summed E-state index contributed by atoms with van der Waals surface area (Å²) in [5, 5.41) is 1.58. The van der Waals surface area contributed by atoms with Gasteiger partial charge in [0.25, 0.3) is 0 Å². The first kappa shape index (κ1) is 15.7. The molecule has 0 aliphatic rings. The maximum absolute atomic E-state index is 12.8. The molecule has 0 saturated heterocycles. The van der Waals surface area contributed by atoms with Gasteiger partial charge in [-0.2, -0.15) is 17.6 Å². The van der Waals surface area contributed by atoms with Crippen LogP contribution < -0.4 is 5.32 Å². The molecule has 0 aromatic heterocycles. The zero-order valence-electron chi connectivity index (χ0n) is 9.51. The minimum absolute atomic E-state index is 0.136. The molecule has 1 N–H and O–H groups in total. The Morgan fingerprint density at radius 1 is 1.21 bits per heavy atom. The van der Waals surface area contributed by atoms with E-state index in [1.54, 1.807) is 51.6 Å². The van der Waals surface area contributed by atoms with Crippen LogP contribution >= 0.6 is 15.9 Å². The molecule has 0 spiro atoms. The normalized spacial score (nSPS) is 12.1. The van der Waals surface area contributed by atoms with Gasteiger partial charge in [-0.1, -0.05) is 30.3 Å². The summed E-state index contributed by atoms with van der Waals surface area (Å²) in [4.78, 5) is 6.67. The van der Waals surface area contributed by atoms with Gasteiger partial charge in [0.05, 0.1) is 6.54 Å². The lowest BCUT2D eigenvalue weighted by atomic mass is 10.2. The van der Waals surface area contributed by atoms with Crippen molar-refractivity contribution >= 4 is 22.0 Å². The molecule has 0 radical (unpaired) electrons. The van der Waals surface area contributed by atoms with Crippen LogP contribution in [-0.2, 0) is 11.3 Å². The Labute approximate surface area is 115 Å². The largest absolute Gasteiger partial charge is 0.445 e. The highest BCUT2D eigenvalue weighted by atomic mass is 79.9. The zero-order valence-corrected chi connectivity index (χ0v) is 11.1. The molecule has 1 rings (SSSR count). The van der Waals surface area contributed by atoms with Crippen molar-refractivity contribution in [2.75, 3.05) is 6.54 Å². The lowest BCUT2D eigenvalue weighted by molar-refractivity contribution is -0.142. The first-order chi connectivity index (χ1) is 8.72. The summed E-state index contributed by atoms with van der Waals surface area (Å²) in [5.74, 6) is -4.40. The zero-order chi connectivity index (χ0) is 14.5. The molecule has 0 aliphatic heterocycles. The van der Waals surface area contributed by atoms with Crippen LogP contribution in [0.5, 0.6) is 0 Å². The average Bonchev–Trinajstić information content (AvgIpc) is 2.34. The molecule has 3 nitrogen and oxygen atoms in total. The number of carbonyl (C=O) groups excluding carboxylic acids is 1. The Morgan fingerprint density at radius 2 is 1.79 bits per heavy atom. The van der Waals surface area contributed by atoms with Crippen molar-refractivity contribution in [3.8, 4) is 0 Å². The molecule has 0 bridgehead atoms. The minimum atomic E-state index is -4.40. The number of alkyl halides is 5. The van der Waals surface area contributed by atoms with Gasteiger partial charge in [0.15, 0.2) is 0 Å². The second kappa shape index (κ2) is 6.23. The Balaban J connectivity index is 2.37. The van der Waals surface area contributed by atoms with E-state index < -0.39 is 23.4 Å². The Morgan fingerprint density at radius 3 is 2.32 bits per heavy atom. The van der Waals surface area contributed by atoms with Crippen LogP contribution in [0, 0.1) is 0 Å². The predicted molar refractivity (Wildman–Crippen MR) is 63.5 cm³/mol. The summed E-state index contributed by atoms with van der Waals surface area (Å²) in [6.45, 7) is -1.66. The van der Waals surface area contributed by atoms with Gasteiger partial charge < -0.3 is 10.1 Å². The number of ether oxygens (including phenoxy) is 1. The lowest BCUT2D eigenvalue weighted by Gasteiger charge is -2.21. The summed E-state index contributed by atoms with van der Waals surface area (Å²) in [7, 11) is 0. The molecule has 0 aliphatic carbocycles. The van der Waals surface area contributed by atoms with Gasteiger partial charge in [-0.05, 0) is 21.5 Å². The number of benzene rings is 1. The van der Waals surface area contributed by atoms with E-state index in [1.165, 1.54) is 0 Å². The smallest absolute Gasteiger partial charge is 0.407 e. The third kappa shape index (κ3) is 5.06. The van der Waals surface area contributed by atoms with E-state index in [4.69, 9.17) is 0 Å². The Kier molecular flexibility index (Phi) is 5.16. The summed E-state index contributed by atoms with van der Waals surface area (Å²) in [5.41, 5.74) is 0.648. The number of nitrogens with one attached hydrogen (secondary N) is 1. The van der Waals surface area contributed by atoms with Gasteiger partial charge in [-0.3, -0.25) is 0 Å². The molecular formula is C11H10BrF4NO2. The first-order valence-electron chi connectivity index (χ1n) is 5.11. The molecule has 0 saturated carbocycles. The van der Waals surface area contributed by atoms with Crippen molar-refractivity contribution in [3.05, 3.63) is 35.9 Å². The predicted octanol–water partition coefficient (Wildman–Crippen LogP) is 3.54. The Bertz CT molecular complexity index is 422. The fourth-order valence-corrected chi connectivity index (χ4v) is 1.20. The van der Waals surface area contributed by atoms with E-state index in [0.717, 1.165) is 0 Å². The highest BCUT2D eigenvalue weighted by Crippen LogP contribution is 2.38. The summed E-state index contributed by atoms with van der Waals surface area (Å²) < 4.78 is 54.9. The SMILES string of the molecule is O=C(NCC(F)(F)C(F)(F)Br)OCc1ccccc1. The van der Waals surface area contributed by atoms with E-state index >= 15 is 0 Å². The number of hydrogen-bond donors (Lipinski definition) is 1. The number of rotatable bonds is 5. The van der Waals surface area contributed by atoms with Crippen LogP contribution in [0.2, 0.25) is 0 Å². The standard InChI is InChI=1S/C11H10BrF4NO2/c12-11(15,16)10(13,14)7-17-9(18)19-6-8-4-2-1-3-5-8/h1-5H,6-7H2,(H,17,18). The molecular weight excluding hydrogens is 334 g/mol. The van der Waals surface area contributed by atoms with Crippen LogP contribution in [0.4, 0.5) is 22.4 Å². The lowest BCUT2D eigenvalue weighted by Crippen LogP contribution is -2.46. The van der Waals surface area contributed by atoms with Crippen LogP contribution in [0.15, 0.2) is 30.3 Å². The maximum atomic E-state index is 12.8. The number of hydrogen-bond acceptors (Lipinski definition) is 2. The molecule has 0 atom stereocenters. The van der Waals surface area contributed by atoms with Crippen LogP contribution in [0.25, 0.3) is 0 Å². The molecule has 0 fully saturated rings. The van der Waals surface area contributed by atoms with Crippen LogP contribution in [-0.4, -0.2) is 23.4 Å². The van der Waals surface area contributed by atoms with E-state index in [2.05, 4.69) is 4.74 Å². The van der Waals surface area contributed by atoms with Gasteiger partial charge in [0.2, 0.25) is 0 Å². The third-order valence-corrected chi connectivity index (χ3v) is 2.66. The number of amides is 1. The highest BCUT2D eigenvalue weighted by molar-refractivity contribution is 9.10. The maximum Gasteiger partial charge on any atom is 0.407 e. The van der Waals surface area contributed by atoms with E-state index in [1.807, 2.05) is 0 Å². The van der Waals surface area contributed by atoms with Crippen LogP contribution in [0.1, 0.15) is 5.56 Å². The third-order valence-electron chi connectivity index (χ3n) is 2.08. The molecule has 8 heteroatoms. The van der Waals surface area contributed by atoms with Gasteiger partial charge in [0.1, 0.15) is 6.61 Å². The van der Waals surface area contributed by atoms with Crippen molar-refractivity contribution < 1.29 is 27.1 Å².